The molecular weight excluding hydrogens is 353 g/mol. The maximum absolute atomic E-state index is 13.2. The smallest absolute Gasteiger partial charge is 0.169 e. The van der Waals surface area contributed by atoms with Crippen molar-refractivity contribution < 1.29 is 8.81 Å². The van der Waals surface area contributed by atoms with Gasteiger partial charge in [0.05, 0.1) is 10.5 Å². The Labute approximate surface area is 115 Å². The lowest BCUT2D eigenvalue weighted by Gasteiger charge is -2.14. The van der Waals surface area contributed by atoms with E-state index < -0.39 is 0 Å². The molecule has 90 valence electrons. The van der Waals surface area contributed by atoms with Gasteiger partial charge in [0.2, 0.25) is 0 Å². The van der Waals surface area contributed by atoms with Gasteiger partial charge in [-0.25, -0.2) is 4.39 Å². The maximum Gasteiger partial charge on any atom is 0.169 e. The molecule has 0 aliphatic rings. The predicted molar refractivity (Wildman–Crippen MR) is 71.4 cm³/mol. The van der Waals surface area contributed by atoms with E-state index >= 15 is 0 Å². The van der Waals surface area contributed by atoms with Crippen LogP contribution in [0.3, 0.4) is 0 Å². The molecule has 0 saturated carbocycles. The van der Waals surface area contributed by atoms with E-state index in [1.165, 1.54) is 6.07 Å². The lowest BCUT2D eigenvalue weighted by molar-refractivity contribution is 0.446. The van der Waals surface area contributed by atoms with E-state index in [1.54, 1.807) is 12.1 Å². The Morgan fingerprint density at radius 3 is 2.53 bits per heavy atom. The Morgan fingerprint density at radius 2 is 2.00 bits per heavy atom. The largest absolute Gasteiger partial charge is 0.452 e. The summed E-state index contributed by atoms with van der Waals surface area (Å²) in [6.45, 7) is 0. The zero-order valence-electron chi connectivity index (χ0n) is 9.01. The predicted octanol–water partition coefficient (Wildman–Crippen LogP) is 4.25. The number of hydrogen-bond acceptors (Lipinski definition) is 2. The van der Waals surface area contributed by atoms with Gasteiger partial charge in [0.1, 0.15) is 11.6 Å². The molecule has 2 nitrogen and oxygen atoms in total. The van der Waals surface area contributed by atoms with Crippen molar-refractivity contribution in [2.75, 3.05) is 7.05 Å². The lowest BCUT2D eigenvalue weighted by Crippen LogP contribution is -2.17. The van der Waals surface area contributed by atoms with Gasteiger partial charge < -0.3 is 9.73 Å². The number of hydrogen-bond donors (Lipinski definition) is 1. The van der Waals surface area contributed by atoms with Crippen LogP contribution >= 0.6 is 31.9 Å². The third kappa shape index (κ3) is 2.78. The molecule has 1 heterocycles. The molecular formula is C12H10Br2FNO. The van der Waals surface area contributed by atoms with Crippen LogP contribution in [0, 0.1) is 5.82 Å². The van der Waals surface area contributed by atoms with Crippen molar-refractivity contribution in [1.29, 1.82) is 0 Å². The Hall–Kier alpha value is -0.650. The number of nitrogens with one attached hydrogen (secondary N) is 1. The van der Waals surface area contributed by atoms with E-state index in [-0.39, 0.29) is 11.9 Å². The summed E-state index contributed by atoms with van der Waals surface area (Å²) in [6, 6.07) is 8.52. The van der Waals surface area contributed by atoms with E-state index in [2.05, 4.69) is 37.2 Å². The Kier molecular flexibility index (Phi) is 4.01. The van der Waals surface area contributed by atoms with Crippen LogP contribution < -0.4 is 5.32 Å². The van der Waals surface area contributed by atoms with E-state index in [9.17, 15) is 4.39 Å². The number of rotatable bonds is 3. The Morgan fingerprint density at radius 1 is 1.24 bits per heavy atom. The molecule has 0 fully saturated rings. The molecule has 17 heavy (non-hydrogen) atoms. The highest BCUT2D eigenvalue weighted by Gasteiger charge is 2.16. The number of halogens is 3. The summed E-state index contributed by atoms with van der Waals surface area (Å²) in [5.74, 6) is 0.502. The Bertz CT molecular complexity index is 527. The molecule has 5 heteroatoms. The number of benzene rings is 1. The molecule has 0 aliphatic carbocycles. The van der Waals surface area contributed by atoms with Crippen molar-refractivity contribution in [3.63, 3.8) is 0 Å². The van der Waals surface area contributed by atoms with Crippen molar-refractivity contribution in [3.05, 3.63) is 56.6 Å². The molecule has 0 saturated heterocycles. The van der Waals surface area contributed by atoms with Gasteiger partial charge in [0.25, 0.3) is 0 Å². The first-order chi connectivity index (χ1) is 8.11. The minimum Gasteiger partial charge on any atom is -0.452 e. The van der Waals surface area contributed by atoms with Crippen LogP contribution in [-0.4, -0.2) is 7.05 Å². The van der Waals surface area contributed by atoms with E-state index in [0.29, 0.717) is 9.14 Å². The first kappa shape index (κ1) is 12.8. The summed E-state index contributed by atoms with van der Waals surface area (Å²) in [4.78, 5) is 0. The second-order valence-corrected chi connectivity index (χ2v) is 5.17. The normalized spacial score (nSPS) is 12.7. The molecule has 0 amide bonds. The molecule has 0 radical (unpaired) electrons. The maximum atomic E-state index is 13.2. The summed E-state index contributed by atoms with van der Waals surface area (Å²) in [5, 5.41) is 3.14. The standard InChI is InChI=1S/C12H10Br2FNO/c1-16-12(10-4-5-11(14)17-10)7-2-3-9(15)8(13)6-7/h2-6,12,16H,1H3. The van der Waals surface area contributed by atoms with Gasteiger partial charge in [0.15, 0.2) is 4.67 Å². The summed E-state index contributed by atoms with van der Waals surface area (Å²) in [5.41, 5.74) is 0.933. The molecule has 1 N–H and O–H groups in total. The summed E-state index contributed by atoms with van der Waals surface area (Å²) in [6.07, 6.45) is 0. The lowest BCUT2D eigenvalue weighted by atomic mass is 10.1. The average molecular weight is 363 g/mol. The van der Waals surface area contributed by atoms with E-state index in [0.717, 1.165) is 11.3 Å². The monoisotopic (exact) mass is 361 g/mol. The molecule has 1 aromatic carbocycles. The fourth-order valence-corrected chi connectivity index (χ4v) is 2.36. The van der Waals surface area contributed by atoms with Crippen LogP contribution in [0.5, 0.6) is 0 Å². The zero-order valence-corrected chi connectivity index (χ0v) is 12.2. The first-order valence-electron chi connectivity index (χ1n) is 4.99. The molecule has 2 rings (SSSR count). The van der Waals surface area contributed by atoms with E-state index in [4.69, 9.17) is 4.42 Å². The molecule has 1 aromatic heterocycles. The Balaban J connectivity index is 2.38. The summed E-state index contributed by atoms with van der Waals surface area (Å²) >= 11 is 6.44. The van der Waals surface area contributed by atoms with Crippen LogP contribution in [0.15, 0.2) is 43.9 Å². The SMILES string of the molecule is CNC(c1ccc(F)c(Br)c1)c1ccc(Br)o1. The van der Waals surface area contributed by atoms with Gasteiger partial charge in [0, 0.05) is 0 Å². The van der Waals surface area contributed by atoms with Crippen LogP contribution in [0.2, 0.25) is 0 Å². The minimum atomic E-state index is -0.274. The van der Waals surface area contributed by atoms with Crippen molar-refractivity contribution >= 4 is 31.9 Å². The van der Waals surface area contributed by atoms with Crippen LogP contribution in [-0.2, 0) is 0 Å². The van der Waals surface area contributed by atoms with Crippen molar-refractivity contribution in [2.45, 2.75) is 6.04 Å². The minimum absolute atomic E-state index is 0.0989. The molecule has 1 atom stereocenters. The van der Waals surface area contributed by atoms with Gasteiger partial charge in [-0.15, -0.1) is 0 Å². The fraction of sp³-hybridized carbons (Fsp3) is 0.167. The molecule has 0 spiro atoms. The highest BCUT2D eigenvalue weighted by atomic mass is 79.9. The van der Waals surface area contributed by atoms with Gasteiger partial charge in [-0.1, -0.05) is 6.07 Å². The van der Waals surface area contributed by atoms with Crippen molar-refractivity contribution in [1.82, 2.24) is 5.32 Å². The van der Waals surface area contributed by atoms with Crippen LogP contribution in [0.25, 0.3) is 0 Å². The highest BCUT2D eigenvalue weighted by molar-refractivity contribution is 9.10. The van der Waals surface area contributed by atoms with Crippen molar-refractivity contribution in [2.24, 2.45) is 0 Å². The second kappa shape index (κ2) is 5.33. The fourth-order valence-electron chi connectivity index (χ4n) is 1.65. The first-order valence-corrected chi connectivity index (χ1v) is 6.58. The molecule has 0 aliphatic heterocycles. The second-order valence-electron chi connectivity index (χ2n) is 3.54. The average Bonchev–Trinajstić information content (AvgIpc) is 2.71. The van der Waals surface area contributed by atoms with Gasteiger partial charge >= 0.3 is 0 Å². The van der Waals surface area contributed by atoms with Crippen molar-refractivity contribution in [3.8, 4) is 0 Å². The topological polar surface area (TPSA) is 25.2 Å². The third-order valence-corrected chi connectivity index (χ3v) is 3.48. The molecule has 0 bridgehead atoms. The third-order valence-electron chi connectivity index (χ3n) is 2.44. The van der Waals surface area contributed by atoms with Gasteiger partial charge in [-0.05, 0) is 68.7 Å². The quantitative estimate of drug-likeness (QED) is 0.882. The summed E-state index contributed by atoms with van der Waals surface area (Å²) < 4.78 is 19.8. The highest BCUT2D eigenvalue weighted by Crippen LogP contribution is 2.28. The van der Waals surface area contributed by atoms with E-state index in [1.807, 2.05) is 19.2 Å². The van der Waals surface area contributed by atoms with Crippen LogP contribution in [0.4, 0.5) is 4.39 Å². The van der Waals surface area contributed by atoms with Gasteiger partial charge in [-0.3, -0.25) is 0 Å². The van der Waals surface area contributed by atoms with Gasteiger partial charge in [-0.2, -0.15) is 0 Å². The molecule has 2 aromatic rings. The zero-order chi connectivity index (χ0) is 12.4. The molecule has 1 unspecified atom stereocenters. The van der Waals surface area contributed by atoms with Crippen LogP contribution in [0.1, 0.15) is 17.4 Å². The number of furan rings is 1. The summed E-state index contributed by atoms with van der Waals surface area (Å²) in [7, 11) is 1.83.